The van der Waals surface area contributed by atoms with Crippen molar-refractivity contribution in [3.8, 4) is 0 Å². The number of nitrogens with one attached hydrogen (secondary N) is 1. The zero-order valence-corrected chi connectivity index (χ0v) is 16.3. The molecule has 2 aromatic carbocycles. The van der Waals surface area contributed by atoms with Crippen LogP contribution < -0.4 is 5.32 Å². The quantitative estimate of drug-likeness (QED) is 0.674. The smallest absolute Gasteiger partial charge is 0.228 e. The molecule has 1 heterocycles. The van der Waals surface area contributed by atoms with Gasteiger partial charge in [0.1, 0.15) is 0 Å². The fourth-order valence-electron chi connectivity index (χ4n) is 3.04. The Morgan fingerprint density at radius 1 is 1.17 bits per heavy atom. The number of nitrogens with zero attached hydrogens (tertiary/aromatic N) is 1. The first-order valence-electron chi connectivity index (χ1n) is 8.13. The van der Waals surface area contributed by atoms with E-state index in [4.69, 9.17) is 11.6 Å². The van der Waals surface area contributed by atoms with E-state index >= 15 is 0 Å². The first-order valence-corrected chi connectivity index (χ1v) is 9.59. The molecule has 126 valence electrons. The molecule has 0 spiro atoms. The molecular weight excluding hydrogens is 435 g/mol. The zero-order valence-electron chi connectivity index (χ0n) is 13.3. The van der Waals surface area contributed by atoms with E-state index in [1.54, 1.807) is 0 Å². The summed E-state index contributed by atoms with van der Waals surface area (Å²) in [5.41, 5.74) is 2.10. The SMILES string of the molecule is O=C(Nc1ccc(I)cc1)[C@@H]1CCCN(Cc2ccc(Cl)cc2)C1. The third kappa shape index (κ3) is 4.94. The highest BCUT2D eigenvalue weighted by Crippen LogP contribution is 2.21. The molecule has 5 heteroatoms. The first-order chi connectivity index (χ1) is 11.6. The summed E-state index contributed by atoms with van der Waals surface area (Å²) in [7, 11) is 0. The van der Waals surface area contributed by atoms with Crippen molar-refractivity contribution in [1.82, 2.24) is 4.90 Å². The van der Waals surface area contributed by atoms with Gasteiger partial charge in [-0.15, -0.1) is 0 Å². The van der Waals surface area contributed by atoms with Gasteiger partial charge in [-0.25, -0.2) is 0 Å². The topological polar surface area (TPSA) is 32.3 Å². The average Bonchev–Trinajstić information content (AvgIpc) is 2.59. The number of rotatable bonds is 4. The van der Waals surface area contributed by atoms with Gasteiger partial charge >= 0.3 is 0 Å². The van der Waals surface area contributed by atoms with Crippen molar-refractivity contribution in [2.45, 2.75) is 19.4 Å². The molecule has 1 atom stereocenters. The van der Waals surface area contributed by atoms with E-state index in [0.717, 1.165) is 46.8 Å². The third-order valence-electron chi connectivity index (χ3n) is 4.31. The van der Waals surface area contributed by atoms with Crippen LogP contribution in [0.25, 0.3) is 0 Å². The fourth-order valence-corrected chi connectivity index (χ4v) is 3.52. The van der Waals surface area contributed by atoms with Gasteiger partial charge in [0.05, 0.1) is 5.92 Å². The largest absolute Gasteiger partial charge is 0.326 e. The van der Waals surface area contributed by atoms with E-state index < -0.39 is 0 Å². The molecule has 0 aromatic heterocycles. The lowest BCUT2D eigenvalue weighted by Gasteiger charge is -2.32. The Bertz CT molecular complexity index is 688. The lowest BCUT2D eigenvalue weighted by Crippen LogP contribution is -2.40. The number of amides is 1. The zero-order chi connectivity index (χ0) is 16.9. The summed E-state index contributed by atoms with van der Waals surface area (Å²) in [6.07, 6.45) is 2.01. The van der Waals surface area contributed by atoms with Gasteiger partial charge in [-0.2, -0.15) is 0 Å². The Morgan fingerprint density at radius 2 is 1.88 bits per heavy atom. The summed E-state index contributed by atoms with van der Waals surface area (Å²) in [6.45, 7) is 2.71. The van der Waals surface area contributed by atoms with Crippen LogP contribution in [0.5, 0.6) is 0 Å². The Labute approximate surface area is 161 Å². The van der Waals surface area contributed by atoms with Crippen molar-refractivity contribution in [2.24, 2.45) is 5.92 Å². The molecule has 1 aliphatic rings. The predicted molar refractivity (Wildman–Crippen MR) is 107 cm³/mol. The number of anilines is 1. The summed E-state index contributed by atoms with van der Waals surface area (Å²) in [6, 6.07) is 15.9. The summed E-state index contributed by atoms with van der Waals surface area (Å²) in [5.74, 6) is 0.169. The Morgan fingerprint density at radius 3 is 2.58 bits per heavy atom. The van der Waals surface area contributed by atoms with Gasteiger partial charge in [0.25, 0.3) is 0 Å². The van der Waals surface area contributed by atoms with E-state index in [0.29, 0.717) is 0 Å². The van der Waals surface area contributed by atoms with Gasteiger partial charge in [0, 0.05) is 27.4 Å². The minimum atomic E-state index is 0.0466. The number of hydrogen-bond acceptors (Lipinski definition) is 2. The second-order valence-corrected chi connectivity index (χ2v) is 7.88. The summed E-state index contributed by atoms with van der Waals surface area (Å²) in [4.78, 5) is 14.9. The average molecular weight is 455 g/mol. The second-order valence-electron chi connectivity index (χ2n) is 6.20. The summed E-state index contributed by atoms with van der Waals surface area (Å²) < 4.78 is 1.16. The Kier molecular flexibility index (Phi) is 6.14. The van der Waals surface area contributed by atoms with Crippen LogP contribution in [0.1, 0.15) is 18.4 Å². The normalized spacial score (nSPS) is 18.3. The van der Waals surface area contributed by atoms with Crippen LogP contribution in [0.4, 0.5) is 5.69 Å². The van der Waals surface area contributed by atoms with Gasteiger partial charge < -0.3 is 5.32 Å². The highest BCUT2D eigenvalue weighted by Gasteiger charge is 2.25. The molecule has 1 N–H and O–H groups in total. The molecule has 1 saturated heterocycles. The van der Waals surface area contributed by atoms with E-state index in [9.17, 15) is 4.79 Å². The van der Waals surface area contributed by atoms with Crippen molar-refractivity contribution >= 4 is 45.8 Å². The van der Waals surface area contributed by atoms with Crippen LogP contribution in [-0.2, 0) is 11.3 Å². The third-order valence-corrected chi connectivity index (χ3v) is 5.28. The van der Waals surface area contributed by atoms with Crippen LogP contribution in [0, 0.1) is 9.49 Å². The molecule has 2 aromatic rings. The van der Waals surface area contributed by atoms with Gasteiger partial charge in [-0.1, -0.05) is 23.7 Å². The molecule has 0 radical (unpaired) electrons. The molecule has 3 nitrogen and oxygen atoms in total. The lowest BCUT2D eigenvalue weighted by atomic mass is 9.96. The molecule has 3 rings (SSSR count). The number of hydrogen-bond donors (Lipinski definition) is 1. The number of carbonyl (C=O) groups excluding carboxylic acids is 1. The van der Waals surface area contributed by atoms with Crippen molar-refractivity contribution in [1.29, 1.82) is 0 Å². The molecule has 1 fully saturated rings. The number of piperidine rings is 1. The Hall–Kier alpha value is -1.11. The minimum absolute atomic E-state index is 0.0466. The van der Waals surface area contributed by atoms with Crippen molar-refractivity contribution < 1.29 is 4.79 Å². The number of likely N-dealkylation sites (tertiary alicyclic amines) is 1. The van der Waals surface area contributed by atoms with Crippen molar-refractivity contribution in [2.75, 3.05) is 18.4 Å². The molecule has 24 heavy (non-hydrogen) atoms. The van der Waals surface area contributed by atoms with Crippen LogP contribution in [0.2, 0.25) is 5.02 Å². The van der Waals surface area contributed by atoms with Crippen LogP contribution >= 0.6 is 34.2 Å². The van der Waals surface area contributed by atoms with Gasteiger partial charge in [0.15, 0.2) is 0 Å². The predicted octanol–water partition coefficient (Wildman–Crippen LogP) is 4.80. The molecule has 0 aliphatic carbocycles. The lowest BCUT2D eigenvalue weighted by molar-refractivity contribution is -0.121. The molecule has 0 saturated carbocycles. The standard InChI is InChI=1S/C19H20ClIN2O/c20-16-5-3-14(4-6-16)12-23-11-1-2-15(13-23)19(24)22-18-9-7-17(21)8-10-18/h3-10,15H,1-2,11-13H2,(H,22,24)/t15-/m1/s1. The number of carbonyl (C=O) groups is 1. The van der Waals surface area contributed by atoms with E-state index in [-0.39, 0.29) is 11.8 Å². The fraction of sp³-hybridized carbons (Fsp3) is 0.316. The molecular formula is C19H20ClIN2O. The van der Waals surface area contributed by atoms with Crippen molar-refractivity contribution in [3.05, 3.63) is 62.7 Å². The van der Waals surface area contributed by atoms with E-state index in [2.05, 4.69) is 44.9 Å². The second kappa shape index (κ2) is 8.32. The van der Waals surface area contributed by atoms with Crippen LogP contribution in [-0.4, -0.2) is 23.9 Å². The molecule has 1 amide bonds. The summed E-state index contributed by atoms with van der Waals surface area (Å²) >= 11 is 8.20. The van der Waals surface area contributed by atoms with Gasteiger partial charge in [-0.05, 0) is 83.9 Å². The number of benzene rings is 2. The minimum Gasteiger partial charge on any atom is -0.326 e. The molecule has 1 aliphatic heterocycles. The maximum Gasteiger partial charge on any atom is 0.228 e. The van der Waals surface area contributed by atoms with Crippen molar-refractivity contribution in [3.63, 3.8) is 0 Å². The highest BCUT2D eigenvalue weighted by molar-refractivity contribution is 14.1. The molecule has 0 bridgehead atoms. The van der Waals surface area contributed by atoms with E-state index in [1.165, 1.54) is 5.56 Å². The maximum atomic E-state index is 12.5. The van der Waals surface area contributed by atoms with Crippen LogP contribution in [0.15, 0.2) is 48.5 Å². The van der Waals surface area contributed by atoms with Gasteiger partial charge in [0.2, 0.25) is 5.91 Å². The monoisotopic (exact) mass is 454 g/mol. The maximum absolute atomic E-state index is 12.5. The Balaban J connectivity index is 1.57. The molecule has 0 unspecified atom stereocenters. The van der Waals surface area contributed by atoms with Gasteiger partial charge in [-0.3, -0.25) is 9.69 Å². The van der Waals surface area contributed by atoms with E-state index in [1.807, 2.05) is 36.4 Å². The summed E-state index contributed by atoms with van der Waals surface area (Å²) in [5, 5.41) is 3.80. The highest BCUT2D eigenvalue weighted by atomic mass is 127. The number of halogens is 2. The van der Waals surface area contributed by atoms with Crippen LogP contribution in [0.3, 0.4) is 0 Å². The first kappa shape index (κ1) is 17.7.